The van der Waals surface area contributed by atoms with Gasteiger partial charge in [0.05, 0.1) is 6.61 Å². The normalized spacial score (nSPS) is 9.55. The number of rotatable bonds is 4. The van der Waals surface area contributed by atoms with Crippen molar-refractivity contribution in [1.29, 1.82) is 0 Å². The highest BCUT2D eigenvalue weighted by Crippen LogP contribution is 2.07. The fourth-order valence-electron chi connectivity index (χ4n) is 0.722. The van der Waals surface area contributed by atoms with Crippen LogP contribution in [-0.2, 0) is 0 Å². The van der Waals surface area contributed by atoms with Gasteiger partial charge < -0.3 is 4.74 Å². The summed E-state index contributed by atoms with van der Waals surface area (Å²) in [6.45, 7) is 0.744. The summed E-state index contributed by atoms with van der Waals surface area (Å²) < 4.78 is 5.38. The van der Waals surface area contributed by atoms with Crippen LogP contribution in [0.15, 0.2) is 24.3 Å². The van der Waals surface area contributed by atoms with Crippen molar-refractivity contribution in [2.75, 3.05) is 12.4 Å². The molecule has 0 atom stereocenters. The molecule has 1 nitrogen and oxygen atoms in total. The summed E-state index contributed by atoms with van der Waals surface area (Å²) in [4.78, 5) is 0. The number of ether oxygens (including phenoxy) is 1. The van der Waals surface area contributed by atoms with Crippen LogP contribution in [-0.4, -0.2) is 12.4 Å². The highest BCUT2D eigenvalue weighted by molar-refractivity contribution is 7.80. The van der Waals surface area contributed by atoms with E-state index in [1.54, 1.807) is 0 Å². The summed E-state index contributed by atoms with van der Waals surface area (Å²) in [5.74, 6) is 1.78. The lowest BCUT2D eigenvalue weighted by Gasteiger charge is -2.02. The summed E-state index contributed by atoms with van der Waals surface area (Å²) in [6.07, 6.45) is 0.988. The highest BCUT2D eigenvalue weighted by Gasteiger charge is 1.88. The summed E-state index contributed by atoms with van der Waals surface area (Å²) in [5, 5.41) is 0. The van der Waals surface area contributed by atoms with Gasteiger partial charge >= 0.3 is 0 Å². The molecule has 11 heavy (non-hydrogen) atoms. The second-order valence-corrected chi connectivity index (χ2v) is 2.61. The topological polar surface area (TPSA) is 9.23 Å². The van der Waals surface area contributed by atoms with Gasteiger partial charge in [-0.3, -0.25) is 0 Å². The van der Waals surface area contributed by atoms with Crippen LogP contribution in [0.25, 0.3) is 0 Å². The van der Waals surface area contributed by atoms with Gasteiger partial charge in [0.15, 0.2) is 0 Å². The fourth-order valence-corrected chi connectivity index (χ4v) is 0.851. The Labute approximate surface area is 72.8 Å². The zero-order valence-corrected chi connectivity index (χ0v) is 7.18. The summed E-state index contributed by atoms with van der Waals surface area (Å²) in [5.41, 5.74) is 0. The van der Waals surface area contributed by atoms with Gasteiger partial charge in [-0.2, -0.15) is 12.6 Å². The molecule has 0 heterocycles. The minimum absolute atomic E-state index is 0.744. The third-order valence-electron chi connectivity index (χ3n) is 1.26. The van der Waals surface area contributed by atoms with E-state index >= 15 is 0 Å². The fraction of sp³-hybridized carbons (Fsp3) is 0.333. The molecule has 1 aromatic rings. The van der Waals surface area contributed by atoms with Gasteiger partial charge in [-0.05, 0) is 30.4 Å². The maximum Gasteiger partial charge on any atom is 0.119 e. The molecule has 59 valence electrons. The van der Waals surface area contributed by atoms with E-state index in [9.17, 15) is 0 Å². The molecule has 0 fully saturated rings. The van der Waals surface area contributed by atoms with Gasteiger partial charge in [-0.15, -0.1) is 0 Å². The molecule has 0 aliphatic heterocycles. The molecule has 0 N–H and O–H groups in total. The minimum Gasteiger partial charge on any atom is -0.494 e. The van der Waals surface area contributed by atoms with Gasteiger partial charge in [-0.25, -0.2) is 0 Å². The molecular formula is C9H11OS. The molecule has 2 heteroatoms. The van der Waals surface area contributed by atoms with E-state index < -0.39 is 0 Å². The third-order valence-corrected chi connectivity index (χ3v) is 1.58. The van der Waals surface area contributed by atoms with E-state index in [1.165, 1.54) is 0 Å². The molecule has 1 radical (unpaired) electrons. The summed E-state index contributed by atoms with van der Waals surface area (Å²) in [7, 11) is 0. The van der Waals surface area contributed by atoms with Crippen molar-refractivity contribution < 1.29 is 4.74 Å². The van der Waals surface area contributed by atoms with E-state index in [2.05, 4.69) is 18.7 Å². The van der Waals surface area contributed by atoms with E-state index in [-0.39, 0.29) is 0 Å². The first-order valence-corrected chi connectivity index (χ1v) is 4.26. The molecule has 0 aliphatic rings. The van der Waals surface area contributed by atoms with Gasteiger partial charge in [0, 0.05) is 0 Å². The van der Waals surface area contributed by atoms with Gasteiger partial charge in [0.1, 0.15) is 5.75 Å². The zero-order valence-electron chi connectivity index (χ0n) is 6.29. The number of thiol groups is 1. The molecule has 0 unspecified atom stereocenters. The largest absolute Gasteiger partial charge is 0.494 e. The van der Waals surface area contributed by atoms with Crippen molar-refractivity contribution in [2.24, 2.45) is 0 Å². The van der Waals surface area contributed by atoms with Crippen LogP contribution < -0.4 is 4.74 Å². The van der Waals surface area contributed by atoms with Crippen molar-refractivity contribution in [1.82, 2.24) is 0 Å². The van der Waals surface area contributed by atoms with Gasteiger partial charge in [0.2, 0.25) is 0 Å². The van der Waals surface area contributed by atoms with E-state index in [0.717, 1.165) is 24.5 Å². The maximum absolute atomic E-state index is 5.38. The van der Waals surface area contributed by atoms with Crippen molar-refractivity contribution in [3.05, 3.63) is 30.3 Å². The Kier molecular flexibility index (Phi) is 3.91. The van der Waals surface area contributed by atoms with Crippen LogP contribution in [0, 0.1) is 6.07 Å². The molecule has 0 spiro atoms. The monoisotopic (exact) mass is 167 g/mol. The smallest absolute Gasteiger partial charge is 0.119 e. The maximum atomic E-state index is 5.38. The van der Waals surface area contributed by atoms with Gasteiger partial charge in [0.25, 0.3) is 0 Å². The minimum atomic E-state index is 0.744. The number of benzene rings is 1. The predicted octanol–water partition coefficient (Wildman–Crippen LogP) is 2.19. The van der Waals surface area contributed by atoms with E-state index in [0.29, 0.717) is 0 Å². The van der Waals surface area contributed by atoms with Crippen LogP contribution in [0.4, 0.5) is 0 Å². The third kappa shape index (κ3) is 3.33. The van der Waals surface area contributed by atoms with Crippen molar-refractivity contribution in [2.45, 2.75) is 6.42 Å². The lowest BCUT2D eigenvalue weighted by Crippen LogP contribution is -1.96. The average molecular weight is 167 g/mol. The van der Waals surface area contributed by atoms with Crippen molar-refractivity contribution in [3.63, 3.8) is 0 Å². The van der Waals surface area contributed by atoms with Crippen LogP contribution in [0.5, 0.6) is 5.75 Å². The molecule has 0 bridgehead atoms. The van der Waals surface area contributed by atoms with E-state index in [4.69, 9.17) is 4.74 Å². The molecule has 1 rings (SSSR count). The first-order valence-electron chi connectivity index (χ1n) is 3.63. The van der Waals surface area contributed by atoms with Crippen LogP contribution in [0.1, 0.15) is 6.42 Å². The SMILES string of the molecule is SCCCOc1cc[c]cc1. The Morgan fingerprint density at radius 1 is 1.36 bits per heavy atom. The standard InChI is InChI=1S/C9H11OS/c11-8-4-7-10-9-5-2-1-3-6-9/h2-3,5-6,11H,4,7-8H2. The highest BCUT2D eigenvalue weighted by atomic mass is 32.1. The lowest BCUT2D eigenvalue weighted by atomic mass is 10.3. The van der Waals surface area contributed by atoms with Crippen molar-refractivity contribution >= 4 is 12.6 Å². The van der Waals surface area contributed by atoms with Crippen LogP contribution in [0.2, 0.25) is 0 Å². The van der Waals surface area contributed by atoms with E-state index in [1.807, 2.05) is 24.3 Å². The quantitative estimate of drug-likeness (QED) is 0.534. The molecule has 0 amide bonds. The molecule has 0 saturated carbocycles. The summed E-state index contributed by atoms with van der Waals surface area (Å²) >= 11 is 4.08. The van der Waals surface area contributed by atoms with Crippen LogP contribution in [0.3, 0.4) is 0 Å². The Balaban J connectivity index is 2.28. The second kappa shape index (κ2) is 5.08. The first kappa shape index (κ1) is 8.47. The Bertz CT molecular complexity index is 186. The van der Waals surface area contributed by atoms with Gasteiger partial charge in [-0.1, -0.05) is 12.1 Å². The van der Waals surface area contributed by atoms with Crippen LogP contribution >= 0.6 is 12.6 Å². The Hall–Kier alpha value is -0.630. The molecule has 0 aromatic heterocycles. The molecule has 1 aromatic carbocycles. The molecular weight excluding hydrogens is 156 g/mol. The molecule has 0 aliphatic carbocycles. The first-order chi connectivity index (χ1) is 5.43. The van der Waals surface area contributed by atoms with Crippen molar-refractivity contribution in [3.8, 4) is 5.75 Å². The lowest BCUT2D eigenvalue weighted by molar-refractivity contribution is 0.319. The number of hydrogen-bond donors (Lipinski definition) is 1. The number of hydrogen-bond acceptors (Lipinski definition) is 2. The second-order valence-electron chi connectivity index (χ2n) is 2.16. The predicted molar refractivity (Wildman–Crippen MR) is 49.2 cm³/mol. The Morgan fingerprint density at radius 3 is 2.73 bits per heavy atom. The molecule has 0 saturated heterocycles. The average Bonchev–Trinajstić information content (AvgIpc) is 2.07. The Morgan fingerprint density at radius 2 is 2.09 bits per heavy atom. The zero-order chi connectivity index (χ0) is 7.94. The summed E-state index contributed by atoms with van der Waals surface area (Å²) in [6, 6.07) is 10.4.